The number of hydrogen-bond acceptors (Lipinski definition) is 20. The van der Waals surface area contributed by atoms with Gasteiger partial charge in [0.15, 0.2) is 33.3 Å². The van der Waals surface area contributed by atoms with E-state index in [0.717, 1.165) is 12.1 Å². The molecule has 2 aromatic heterocycles. The lowest BCUT2D eigenvalue weighted by Gasteiger charge is -2.24. The molecule has 2 fully saturated rings. The Bertz CT molecular complexity index is 2140. The van der Waals surface area contributed by atoms with Crippen molar-refractivity contribution in [1.29, 1.82) is 0 Å². The van der Waals surface area contributed by atoms with Gasteiger partial charge >= 0.3 is 0 Å². The Labute approximate surface area is 331 Å². The minimum Gasteiger partial charge on any atom is -0.487 e. The number of aromatic nitrogens is 4. The predicted molar refractivity (Wildman–Crippen MR) is 203 cm³/mol. The number of azo groups is 2. The molecule has 2 aromatic carbocycles. The largest absolute Gasteiger partial charge is 0.487 e. The van der Waals surface area contributed by atoms with Gasteiger partial charge in [0.05, 0.1) is 40.6 Å². The van der Waals surface area contributed by atoms with E-state index in [2.05, 4.69) is 51.0 Å². The van der Waals surface area contributed by atoms with Crippen molar-refractivity contribution in [2.75, 3.05) is 35.3 Å². The van der Waals surface area contributed by atoms with Gasteiger partial charge in [-0.3, -0.25) is 10.1 Å². The van der Waals surface area contributed by atoms with Crippen molar-refractivity contribution >= 4 is 86.8 Å². The van der Waals surface area contributed by atoms with E-state index in [0.29, 0.717) is 10.7 Å². The zero-order chi connectivity index (χ0) is 40.3. The van der Waals surface area contributed by atoms with Crippen molar-refractivity contribution in [1.82, 2.24) is 19.9 Å². The van der Waals surface area contributed by atoms with Gasteiger partial charge in [-0.15, -0.1) is 15.3 Å². The van der Waals surface area contributed by atoms with Gasteiger partial charge in [0.1, 0.15) is 24.1 Å². The third kappa shape index (κ3) is 9.11. The van der Waals surface area contributed by atoms with E-state index in [1.54, 1.807) is 24.3 Å². The highest BCUT2D eigenvalue weighted by Crippen LogP contribution is 2.40. The Morgan fingerprint density at radius 1 is 0.750 bits per heavy atom. The monoisotopic (exact) mass is 833 g/mol. The number of nitro groups is 1. The average Bonchev–Trinajstić information content (AvgIpc) is 3.60. The minimum atomic E-state index is -1.33. The molecule has 2 aliphatic carbocycles. The molecular weight excluding hydrogens is 801 g/mol. The van der Waals surface area contributed by atoms with E-state index in [9.17, 15) is 35.6 Å². The number of nitrogens with zero attached hydrogens (tertiary/aromatic N) is 9. The van der Waals surface area contributed by atoms with Crippen LogP contribution in [0, 0.1) is 22.0 Å². The number of nitrogens with two attached hydrogens (primary N) is 2. The lowest BCUT2D eigenvalue weighted by atomic mass is 10.1. The molecule has 2 aliphatic rings. The maximum absolute atomic E-state index is 11.9. The number of ether oxygens (including phenoxy) is 1. The van der Waals surface area contributed by atoms with Crippen LogP contribution in [0.2, 0.25) is 15.3 Å². The van der Waals surface area contributed by atoms with Crippen LogP contribution in [0.4, 0.5) is 52.0 Å². The standard InChI is InChI=1S/C32H34Cl3N13O8/c33-14-1-3-15(4-2-14)44-46-21-27(34)40-32(37)43-30(21)39-20-6-13(11-50)26(25(20)53)56-18-8-16(7-17(9-18)48(54)55)45-47-22-28(35)41-31(36)42-29(22)38-19-5-12(10-49)23(51)24(19)52/h1-4,7-9,12-13,19-20,23-26,49-53H,5-6,10-11H2,(H3,36,38,41,42)(H3,37,39,40,43)/t12-,13+,19-,20+,23-,24+,25-,26+/m1/s1. The summed E-state index contributed by atoms with van der Waals surface area (Å²) in [4.78, 5) is 27.4. The summed E-state index contributed by atoms with van der Waals surface area (Å²) < 4.78 is 6.09. The van der Waals surface area contributed by atoms with Crippen LogP contribution in [0.3, 0.4) is 0 Å². The first-order valence-electron chi connectivity index (χ1n) is 16.7. The number of anilines is 4. The number of benzene rings is 2. The number of halogens is 3. The normalized spacial score (nSPS) is 24.9. The van der Waals surface area contributed by atoms with E-state index >= 15 is 0 Å². The second-order valence-electron chi connectivity index (χ2n) is 12.9. The molecule has 21 nitrogen and oxygen atoms in total. The van der Waals surface area contributed by atoms with E-state index in [1.807, 2.05) is 0 Å². The van der Waals surface area contributed by atoms with Gasteiger partial charge in [-0.1, -0.05) is 34.8 Å². The maximum atomic E-state index is 11.9. The molecule has 0 bridgehead atoms. The van der Waals surface area contributed by atoms with Crippen LogP contribution >= 0.6 is 34.8 Å². The third-order valence-corrected chi connectivity index (χ3v) is 9.90. The number of nitrogen functional groups attached to an aromatic ring is 2. The number of nitro benzene ring substituents is 1. The van der Waals surface area contributed by atoms with Crippen LogP contribution in [0.25, 0.3) is 0 Å². The van der Waals surface area contributed by atoms with Crippen molar-refractivity contribution in [2.24, 2.45) is 32.3 Å². The number of non-ortho nitro benzene ring substituents is 1. The Morgan fingerprint density at radius 2 is 1.29 bits per heavy atom. The fourth-order valence-electron chi connectivity index (χ4n) is 6.34. The van der Waals surface area contributed by atoms with Gasteiger partial charge < -0.3 is 52.4 Å². The molecule has 8 atom stereocenters. The molecule has 56 heavy (non-hydrogen) atoms. The zero-order valence-electron chi connectivity index (χ0n) is 28.8. The van der Waals surface area contributed by atoms with Gasteiger partial charge in [0.25, 0.3) is 5.69 Å². The van der Waals surface area contributed by atoms with Crippen LogP contribution < -0.4 is 26.8 Å². The van der Waals surface area contributed by atoms with Crippen molar-refractivity contribution in [2.45, 2.75) is 49.3 Å². The van der Waals surface area contributed by atoms with E-state index in [1.165, 1.54) is 6.07 Å². The molecule has 4 aromatic rings. The molecule has 0 spiro atoms. The first kappa shape index (κ1) is 40.5. The highest BCUT2D eigenvalue weighted by Gasteiger charge is 2.45. The van der Waals surface area contributed by atoms with Gasteiger partial charge in [-0.25, -0.2) is 0 Å². The van der Waals surface area contributed by atoms with Crippen molar-refractivity contribution < 1.29 is 35.2 Å². The Kier molecular flexibility index (Phi) is 12.6. The molecule has 0 radical (unpaired) electrons. The number of nitrogens with one attached hydrogen (secondary N) is 2. The molecule has 2 saturated carbocycles. The molecule has 24 heteroatoms. The lowest BCUT2D eigenvalue weighted by Crippen LogP contribution is -2.39. The van der Waals surface area contributed by atoms with E-state index in [-0.39, 0.29) is 76.1 Å². The first-order chi connectivity index (χ1) is 26.7. The first-order valence-corrected chi connectivity index (χ1v) is 17.9. The van der Waals surface area contributed by atoms with Gasteiger partial charge in [0, 0.05) is 42.2 Å². The van der Waals surface area contributed by atoms with E-state index in [4.69, 9.17) is 51.0 Å². The minimum absolute atomic E-state index is 0.0120. The predicted octanol–water partition coefficient (Wildman–Crippen LogP) is 4.25. The molecule has 0 aliphatic heterocycles. The molecule has 296 valence electrons. The highest BCUT2D eigenvalue weighted by atomic mass is 35.5. The zero-order valence-corrected chi connectivity index (χ0v) is 31.0. The Hall–Kier alpha value is -5.13. The third-order valence-electron chi connectivity index (χ3n) is 9.12. The SMILES string of the molecule is Nc1nc(Cl)c(N=Nc2ccc(Cl)cc2)c(N[C@H]2C[C@@H](CO)[C@H](Oc3cc(N=Nc4c(Cl)nc(N)nc4N[C@@H]4C[C@H](CO)[C@@H](O)[C@H]4O)cc([N+](=O)[O-])c3)[C@@H]2O)n1. The number of aliphatic hydroxyl groups is 5. The van der Waals surface area contributed by atoms with Gasteiger partial charge in [-0.05, 0) is 37.1 Å². The van der Waals surface area contributed by atoms with E-state index < -0.39 is 65.6 Å². The maximum Gasteiger partial charge on any atom is 0.275 e. The summed E-state index contributed by atoms with van der Waals surface area (Å²) in [5.74, 6) is -1.87. The van der Waals surface area contributed by atoms with Crippen molar-refractivity contribution in [3.05, 3.63) is 67.9 Å². The van der Waals surface area contributed by atoms with Gasteiger partial charge in [-0.2, -0.15) is 25.1 Å². The summed E-state index contributed by atoms with van der Waals surface area (Å²) in [6.07, 6.45) is -4.63. The van der Waals surface area contributed by atoms with Crippen LogP contribution in [-0.4, -0.2) is 100 Å². The smallest absolute Gasteiger partial charge is 0.275 e. The Balaban J connectivity index is 1.24. The van der Waals surface area contributed by atoms with Crippen LogP contribution in [0.15, 0.2) is 62.9 Å². The Morgan fingerprint density at radius 3 is 1.82 bits per heavy atom. The second-order valence-corrected chi connectivity index (χ2v) is 14.0. The molecule has 0 amide bonds. The molecule has 0 unspecified atom stereocenters. The summed E-state index contributed by atoms with van der Waals surface area (Å²) in [6.45, 7) is -0.805. The van der Waals surface area contributed by atoms with Gasteiger partial charge in [0.2, 0.25) is 11.9 Å². The van der Waals surface area contributed by atoms with Crippen molar-refractivity contribution in [3.8, 4) is 5.75 Å². The topological polar surface area (TPSA) is 331 Å². The molecule has 6 rings (SSSR count). The lowest BCUT2D eigenvalue weighted by molar-refractivity contribution is -0.384. The fraction of sp³-hybridized carbons (Fsp3) is 0.375. The number of aliphatic hydroxyl groups excluding tert-OH is 5. The van der Waals surface area contributed by atoms with Crippen LogP contribution in [-0.2, 0) is 0 Å². The summed E-state index contributed by atoms with van der Waals surface area (Å²) in [5.41, 5.74) is 11.4. The molecule has 0 saturated heterocycles. The second kappa shape index (κ2) is 17.3. The molecule has 2 heterocycles. The summed E-state index contributed by atoms with van der Waals surface area (Å²) in [7, 11) is 0. The quantitative estimate of drug-likeness (QED) is 0.0393. The summed E-state index contributed by atoms with van der Waals surface area (Å²) in [6, 6.07) is 8.40. The van der Waals surface area contributed by atoms with Crippen LogP contribution in [0.5, 0.6) is 5.75 Å². The highest BCUT2D eigenvalue weighted by molar-refractivity contribution is 6.32. The summed E-state index contributed by atoms with van der Waals surface area (Å²) >= 11 is 18.6. The average molecular weight is 835 g/mol. The molecule has 11 N–H and O–H groups in total. The number of rotatable bonds is 13. The van der Waals surface area contributed by atoms with Crippen molar-refractivity contribution in [3.63, 3.8) is 0 Å². The fourth-order valence-corrected chi connectivity index (χ4v) is 6.90. The summed E-state index contributed by atoms with van der Waals surface area (Å²) in [5, 5.41) is 86.6. The number of hydrogen-bond donors (Lipinski definition) is 9. The van der Waals surface area contributed by atoms with Crippen LogP contribution in [0.1, 0.15) is 12.8 Å². The molecular formula is C32H34Cl3N13O8.